The fourth-order valence-corrected chi connectivity index (χ4v) is 4.82. The van der Waals surface area contributed by atoms with E-state index < -0.39 is 0 Å². The van der Waals surface area contributed by atoms with Crippen LogP contribution in [0.15, 0.2) is 84.1 Å². The molecule has 0 saturated carbocycles. The highest BCUT2D eigenvalue weighted by molar-refractivity contribution is 5.95. The molecule has 0 N–H and O–H groups in total. The van der Waals surface area contributed by atoms with Crippen molar-refractivity contribution in [2.24, 2.45) is 0 Å². The summed E-state index contributed by atoms with van der Waals surface area (Å²) in [6.07, 6.45) is 11.4. The maximum Gasteiger partial charge on any atom is 0.0851 e. The lowest BCUT2D eigenvalue weighted by Gasteiger charge is -2.44. The van der Waals surface area contributed by atoms with Crippen LogP contribution in [0.25, 0.3) is 11.1 Å². The quantitative estimate of drug-likeness (QED) is 0.608. The molecular weight excluding hydrogens is 290 g/mol. The SMILES string of the molecule is C1=CC2=C(C1)c1ccccc1N1C3=C(C=CC3)c3ccccc3C21. The van der Waals surface area contributed by atoms with Crippen molar-refractivity contribution < 1.29 is 0 Å². The first-order valence-corrected chi connectivity index (χ1v) is 8.71. The summed E-state index contributed by atoms with van der Waals surface area (Å²) in [5, 5.41) is 0. The second-order valence-electron chi connectivity index (χ2n) is 6.88. The minimum absolute atomic E-state index is 0.323. The molecule has 6 rings (SSSR count). The highest BCUT2D eigenvalue weighted by Gasteiger charge is 2.40. The summed E-state index contributed by atoms with van der Waals surface area (Å²) in [6.45, 7) is 0. The van der Waals surface area contributed by atoms with Gasteiger partial charge in [-0.05, 0) is 34.8 Å². The molecule has 1 heteroatoms. The molecule has 1 atom stereocenters. The number of hydrogen-bond donors (Lipinski definition) is 0. The van der Waals surface area contributed by atoms with Gasteiger partial charge in [0.15, 0.2) is 0 Å². The minimum Gasteiger partial charge on any atom is -0.332 e. The molecule has 1 nitrogen and oxygen atoms in total. The van der Waals surface area contributed by atoms with Crippen molar-refractivity contribution in [1.29, 1.82) is 0 Å². The smallest absolute Gasteiger partial charge is 0.0851 e. The second kappa shape index (κ2) is 4.39. The Morgan fingerprint density at radius 2 is 1.58 bits per heavy atom. The number of benzene rings is 2. The lowest BCUT2D eigenvalue weighted by Crippen LogP contribution is -2.35. The monoisotopic (exact) mass is 307 g/mol. The van der Waals surface area contributed by atoms with Crippen LogP contribution < -0.4 is 4.90 Å². The molecule has 0 amide bonds. The van der Waals surface area contributed by atoms with Crippen LogP contribution in [-0.4, -0.2) is 0 Å². The first-order valence-electron chi connectivity index (χ1n) is 8.71. The van der Waals surface area contributed by atoms with E-state index in [2.05, 4.69) is 77.7 Å². The van der Waals surface area contributed by atoms with Crippen molar-refractivity contribution in [2.45, 2.75) is 18.9 Å². The van der Waals surface area contributed by atoms with Gasteiger partial charge in [0.2, 0.25) is 0 Å². The molecule has 2 aromatic carbocycles. The average molecular weight is 307 g/mol. The molecule has 0 aromatic heterocycles. The minimum atomic E-state index is 0.323. The first kappa shape index (κ1) is 12.6. The summed E-state index contributed by atoms with van der Waals surface area (Å²) < 4.78 is 0. The Morgan fingerprint density at radius 1 is 0.792 bits per heavy atom. The van der Waals surface area contributed by atoms with Gasteiger partial charge in [0.1, 0.15) is 0 Å². The number of rotatable bonds is 0. The third-order valence-corrected chi connectivity index (χ3v) is 5.75. The lowest BCUT2D eigenvalue weighted by atomic mass is 9.80. The van der Waals surface area contributed by atoms with Gasteiger partial charge in [0.25, 0.3) is 0 Å². The fourth-order valence-electron chi connectivity index (χ4n) is 4.82. The summed E-state index contributed by atoms with van der Waals surface area (Å²) in [6, 6.07) is 18.2. The van der Waals surface area contributed by atoms with Crippen LogP contribution in [0.1, 0.15) is 35.6 Å². The fraction of sp³-hybridized carbons (Fsp3) is 0.130. The molecule has 4 aliphatic rings. The van der Waals surface area contributed by atoms with Crippen LogP contribution in [0.4, 0.5) is 5.69 Å². The summed E-state index contributed by atoms with van der Waals surface area (Å²) in [4.78, 5) is 2.60. The van der Waals surface area contributed by atoms with Crippen LogP contribution in [0.3, 0.4) is 0 Å². The lowest BCUT2D eigenvalue weighted by molar-refractivity contribution is 0.750. The standard InChI is InChI=1S/C23H17N/c1-2-9-19-15(7-1)18-11-6-14-22(18)24-21-13-4-3-8-17(21)16-10-5-12-20(16)23(19)24/h1-9,11-13,23H,10,14H2. The summed E-state index contributed by atoms with van der Waals surface area (Å²) in [5.41, 5.74) is 11.5. The third kappa shape index (κ3) is 1.41. The third-order valence-electron chi connectivity index (χ3n) is 5.75. The molecule has 114 valence electrons. The van der Waals surface area contributed by atoms with Crippen molar-refractivity contribution in [3.63, 3.8) is 0 Å². The van der Waals surface area contributed by atoms with E-state index in [1.165, 1.54) is 44.8 Å². The van der Waals surface area contributed by atoms with Crippen molar-refractivity contribution >= 4 is 16.8 Å². The van der Waals surface area contributed by atoms with Crippen LogP contribution >= 0.6 is 0 Å². The molecule has 2 heterocycles. The Labute approximate surface area is 141 Å². The van der Waals surface area contributed by atoms with Crippen molar-refractivity contribution in [3.05, 3.63) is 101 Å². The van der Waals surface area contributed by atoms with Gasteiger partial charge >= 0.3 is 0 Å². The number of para-hydroxylation sites is 1. The molecule has 0 radical (unpaired) electrons. The van der Waals surface area contributed by atoms with Crippen molar-refractivity contribution in [3.8, 4) is 0 Å². The summed E-state index contributed by atoms with van der Waals surface area (Å²) in [7, 11) is 0. The topological polar surface area (TPSA) is 3.24 Å². The number of anilines is 1. The van der Waals surface area contributed by atoms with Gasteiger partial charge in [0, 0.05) is 28.9 Å². The van der Waals surface area contributed by atoms with E-state index in [4.69, 9.17) is 0 Å². The molecule has 0 spiro atoms. The van der Waals surface area contributed by atoms with E-state index in [1.54, 1.807) is 0 Å². The van der Waals surface area contributed by atoms with Gasteiger partial charge in [-0.15, -0.1) is 0 Å². The van der Waals surface area contributed by atoms with Crippen molar-refractivity contribution in [1.82, 2.24) is 0 Å². The zero-order chi connectivity index (χ0) is 15.7. The molecule has 0 bridgehead atoms. The number of hydrogen-bond acceptors (Lipinski definition) is 1. The Hall–Kier alpha value is -2.80. The summed E-state index contributed by atoms with van der Waals surface area (Å²) in [5.74, 6) is 0. The van der Waals surface area contributed by atoms with E-state index in [9.17, 15) is 0 Å². The maximum atomic E-state index is 2.60. The van der Waals surface area contributed by atoms with E-state index in [0.29, 0.717) is 6.04 Å². The predicted octanol–water partition coefficient (Wildman–Crippen LogP) is 5.65. The normalized spacial score (nSPS) is 22.3. The van der Waals surface area contributed by atoms with Gasteiger partial charge in [-0.25, -0.2) is 0 Å². The number of nitrogens with zero attached hydrogens (tertiary/aromatic N) is 1. The largest absolute Gasteiger partial charge is 0.332 e. The predicted molar refractivity (Wildman–Crippen MR) is 99.5 cm³/mol. The first-order chi connectivity index (χ1) is 11.9. The van der Waals surface area contributed by atoms with E-state index in [0.717, 1.165) is 12.8 Å². The molecule has 0 saturated heterocycles. The maximum absolute atomic E-state index is 2.60. The molecular formula is C23H17N. The molecule has 2 aliphatic heterocycles. The molecule has 2 aromatic rings. The highest BCUT2D eigenvalue weighted by atomic mass is 15.2. The van der Waals surface area contributed by atoms with Gasteiger partial charge in [-0.2, -0.15) is 0 Å². The Morgan fingerprint density at radius 3 is 2.54 bits per heavy atom. The molecule has 0 fully saturated rings. The van der Waals surface area contributed by atoms with Crippen LogP contribution in [0.5, 0.6) is 0 Å². The zero-order valence-electron chi connectivity index (χ0n) is 13.4. The van der Waals surface area contributed by atoms with Crippen molar-refractivity contribution in [2.75, 3.05) is 4.90 Å². The zero-order valence-corrected chi connectivity index (χ0v) is 13.4. The van der Waals surface area contributed by atoms with Gasteiger partial charge in [-0.3, -0.25) is 0 Å². The van der Waals surface area contributed by atoms with Gasteiger partial charge in [0.05, 0.1) is 6.04 Å². The second-order valence-corrected chi connectivity index (χ2v) is 6.88. The van der Waals surface area contributed by atoms with Gasteiger partial charge in [-0.1, -0.05) is 66.8 Å². The Bertz CT molecular complexity index is 1020. The summed E-state index contributed by atoms with van der Waals surface area (Å²) >= 11 is 0. The van der Waals surface area contributed by atoms with Crippen LogP contribution in [0, 0.1) is 0 Å². The van der Waals surface area contributed by atoms with Gasteiger partial charge < -0.3 is 4.90 Å². The highest BCUT2D eigenvalue weighted by Crippen LogP contribution is 2.55. The number of fused-ring (bicyclic) bond motifs is 9. The van der Waals surface area contributed by atoms with E-state index in [1.807, 2.05) is 0 Å². The Balaban J connectivity index is 1.73. The van der Waals surface area contributed by atoms with E-state index >= 15 is 0 Å². The van der Waals surface area contributed by atoms with Crippen LogP contribution in [0.2, 0.25) is 0 Å². The van der Waals surface area contributed by atoms with Crippen LogP contribution in [-0.2, 0) is 0 Å². The number of allylic oxidation sites excluding steroid dienone is 5. The molecule has 1 unspecified atom stereocenters. The van der Waals surface area contributed by atoms with E-state index in [-0.39, 0.29) is 0 Å². The average Bonchev–Trinajstić information content (AvgIpc) is 3.31. The Kier molecular flexibility index (Phi) is 2.30. The molecule has 24 heavy (non-hydrogen) atoms. The molecule has 2 aliphatic carbocycles.